The average molecular weight is 384 g/mol. The maximum atomic E-state index is 13.8. The van der Waals surface area contributed by atoms with Crippen molar-refractivity contribution in [2.24, 2.45) is 7.05 Å². The smallest absolute Gasteiger partial charge is 0.272 e. The Morgan fingerprint density at radius 2 is 1.86 bits per heavy atom. The predicted molar refractivity (Wildman–Crippen MR) is 112 cm³/mol. The van der Waals surface area contributed by atoms with E-state index in [2.05, 4.69) is 10.3 Å². The number of rotatable bonds is 3. The molecule has 0 atom stereocenters. The number of benzene rings is 2. The van der Waals surface area contributed by atoms with E-state index in [-0.39, 0.29) is 11.7 Å². The Hall–Kier alpha value is -3.93. The van der Waals surface area contributed by atoms with E-state index in [0.29, 0.717) is 16.8 Å². The van der Waals surface area contributed by atoms with Crippen molar-refractivity contribution < 1.29 is 9.18 Å². The summed E-state index contributed by atoms with van der Waals surface area (Å²) in [5.74, 6) is -0.622. The average Bonchev–Trinajstić information content (AvgIpc) is 3.29. The van der Waals surface area contributed by atoms with Gasteiger partial charge in [-0.25, -0.2) is 4.39 Å². The molecule has 0 saturated heterocycles. The van der Waals surface area contributed by atoms with Gasteiger partial charge in [0.1, 0.15) is 11.5 Å². The lowest BCUT2D eigenvalue weighted by atomic mass is 10.2. The second kappa shape index (κ2) is 6.60. The SMILES string of the molecule is Cn1ccc2cc(NC(=O)c3cc4cc(F)ccc4n3-c3cccnc3)ccc21. The van der Waals surface area contributed by atoms with Crippen molar-refractivity contribution in [3.05, 3.63) is 90.8 Å². The maximum Gasteiger partial charge on any atom is 0.272 e. The molecule has 0 spiro atoms. The highest BCUT2D eigenvalue weighted by atomic mass is 19.1. The quantitative estimate of drug-likeness (QED) is 0.481. The van der Waals surface area contributed by atoms with Crippen molar-refractivity contribution in [2.45, 2.75) is 0 Å². The minimum absolute atomic E-state index is 0.277. The third kappa shape index (κ3) is 2.95. The van der Waals surface area contributed by atoms with Crippen molar-refractivity contribution in [2.75, 3.05) is 5.32 Å². The van der Waals surface area contributed by atoms with Crippen LogP contribution in [0.25, 0.3) is 27.5 Å². The summed E-state index contributed by atoms with van der Waals surface area (Å²) in [5.41, 5.74) is 3.67. The molecule has 1 N–H and O–H groups in total. The first-order chi connectivity index (χ1) is 14.1. The van der Waals surface area contributed by atoms with Crippen molar-refractivity contribution >= 4 is 33.4 Å². The topological polar surface area (TPSA) is 51.9 Å². The van der Waals surface area contributed by atoms with Crippen molar-refractivity contribution in [3.8, 4) is 5.69 Å². The second-order valence-electron chi connectivity index (χ2n) is 6.93. The van der Waals surface area contributed by atoms with E-state index in [0.717, 1.165) is 22.1 Å². The van der Waals surface area contributed by atoms with Gasteiger partial charge in [-0.1, -0.05) is 0 Å². The fraction of sp³-hybridized carbons (Fsp3) is 0.0435. The number of nitrogens with zero attached hydrogens (tertiary/aromatic N) is 3. The van der Waals surface area contributed by atoms with Crippen LogP contribution in [0.2, 0.25) is 0 Å². The monoisotopic (exact) mass is 384 g/mol. The summed E-state index contributed by atoms with van der Waals surface area (Å²) >= 11 is 0. The number of hydrogen-bond acceptors (Lipinski definition) is 2. The lowest BCUT2D eigenvalue weighted by Gasteiger charge is -2.11. The van der Waals surface area contributed by atoms with Crippen LogP contribution in [0.15, 0.2) is 79.3 Å². The molecule has 3 aromatic heterocycles. The molecule has 0 aliphatic carbocycles. The van der Waals surface area contributed by atoms with Gasteiger partial charge in [0.15, 0.2) is 0 Å². The van der Waals surface area contributed by atoms with E-state index in [1.807, 2.05) is 48.1 Å². The summed E-state index contributed by atoms with van der Waals surface area (Å²) in [6.07, 6.45) is 5.32. The van der Waals surface area contributed by atoms with Crippen LogP contribution >= 0.6 is 0 Å². The first kappa shape index (κ1) is 17.2. The van der Waals surface area contributed by atoms with Gasteiger partial charge in [0, 0.05) is 41.4 Å². The first-order valence-corrected chi connectivity index (χ1v) is 9.18. The molecule has 0 saturated carbocycles. The second-order valence-corrected chi connectivity index (χ2v) is 6.93. The van der Waals surface area contributed by atoms with Gasteiger partial charge in [-0.2, -0.15) is 0 Å². The summed E-state index contributed by atoms with van der Waals surface area (Å²) in [5, 5.41) is 4.65. The highest BCUT2D eigenvalue weighted by Gasteiger charge is 2.18. The lowest BCUT2D eigenvalue weighted by Crippen LogP contribution is -2.16. The van der Waals surface area contributed by atoms with E-state index < -0.39 is 0 Å². The Morgan fingerprint density at radius 1 is 1.00 bits per heavy atom. The Kier molecular flexibility index (Phi) is 3.91. The van der Waals surface area contributed by atoms with Crippen molar-refractivity contribution in [1.29, 1.82) is 0 Å². The largest absolute Gasteiger partial charge is 0.351 e. The number of aromatic nitrogens is 3. The number of amides is 1. The number of nitrogens with one attached hydrogen (secondary N) is 1. The number of aryl methyl sites for hydroxylation is 1. The number of fused-ring (bicyclic) bond motifs is 2. The number of carbonyl (C=O) groups is 1. The third-order valence-electron chi connectivity index (χ3n) is 5.04. The summed E-state index contributed by atoms with van der Waals surface area (Å²) in [6.45, 7) is 0. The van der Waals surface area contributed by atoms with E-state index in [9.17, 15) is 9.18 Å². The molecule has 0 radical (unpaired) electrons. The lowest BCUT2D eigenvalue weighted by molar-refractivity contribution is 0.102. The van der Waals surface area contributed by atoms with Gasteiger partial charge in [0.2, 0.25) is 0 Å². The van der Waals surface area contributed by atoms with Gasteiger partial charge in [-0.3, -0.25) is 9.78 Å². The molecule has 0 unspecified atom stereocenters. The van der Waals surface area contributed by atoms with E-state index in [1.54, 1.807) is 35.2 Å². The molecular formula is C23H17FN4O. The van der Waals surface area contributed by atoms with Gasteiger partial charge in [-0.05, 0) is 60.7 Å². The van der Waals surface area contributed by atoms with E-state index in [1.165, 1.54) is 12.1 Å². The number of carbonyl (C=O) groups excluding carboxylic acids is 1. The van der Waals surface area contributed by atoms with E-state index in [4.69, 9.17) is 0 Å². The summed E-state index contributed by atoms with van der Waals surface area (Å²) in [7, 11) is 1.98. The molecular weight excluding hydrogens is 367 g/mol. The Bertz CT molecular complexity index is 1370. The Labute approximate surface area is 166 Å². The van der Waals surface area contributed by atoms with Crippen molar-refractivity contribution in [1.82, 2.24) is 14.1 Å². The van der Waals surface area contributed by atoms with Crippen LogP contribution in [0, 0.1) is 5.82 Å². The predicted octanol–water partition coefficient (Wildman–Crippen LogP) is 4.91. The van der Waals surface area contributed by atoms with Crippen LogP contribution < -0.4 is 5.32 Å². The molecule has 29 heavy (non-hydrogen) atoms. The highest BCUT2D eigenvalue weighted by Crippen LogP contribution is 2.26. The molecule has 5 aromatic rings. The fourth-order valence-corrected chi connectivity index (χ4v) is 3.67. The zero-order valence-electron chi connectivity index (χ0n) is 15.6. The molecule has 0 aliphatic heterocycles. The third-order valence-corrected chi connectivity index (χ3v) is 5.04. The number of anilines is 1. The molecule has 2 aromatic carbocycles. The van der Waals surface area contributed by atoms with Crippen LogP contribution in [0.4, 0.5) is 10.1 Å². The molecule has 0 bridgehead atoms. The van der Waals surface area contributed by atoms with Gasteiger partial charge >= 0.3 is 0 Å². The molecule has 3 heterocycles. The molecule has 6 heteroatoms. The summed E-state index contributed by atoms with van der Waals surface area (Å²) in [4.78, 5) is 17.3. The molecule has 5 rings (SSSR count). The van der Waals surface area contributed by atoms with Crippen LogP contribution in [0.1, 0.15) is 10.5 Å². The summed E-state index contributed by atoms with van der Waals surface area (Å²) in [6, 6.07) is 17.6. The first-order valence-electron chi connectivity index (χ1n) is 9.18. The van der Waals surface area contributed by atoms with E-state index >= 15 is 0 Å². The normalized spacial score (nSPS) is 11.2. The van der Waals surface area contributed by atoms with Gasteiger partial charge < -0.3 is 14.5 Å². The molecule has 5 nitrogen and oxygen atoms in total. The van der Waals surface area contributed by atoms with Crippen LogP contribution in [0.5, 0.6) is 0 Å². The number of pyridine rings is 1. The van der Waals surface area contributed by atoms with Gasteiger partial charge in [-0.15, -0.1) is 0 Å². The zero-order valence-corrected chi connectivity index (χ0v) is 15.6. The Balaban J connectivity index is 1.60. The zero-order chi connectivity index (χ0) is 20.0. The molecule has 0 fully saturated rings. The number of halogens is 1. The standard InChI is InChI=1S/C23H17FN4O/c1-27-10-8-15-12-18(5-7-20(15)27)26-23(29)22-13-16-11-17(24)4-6-21(16)28(22)19-3-2-9-25-14-19/h2-14H,1H3,(H,26,29). The van der Waals surface area contributed by atoms with Gasteiger partial charge in [0.25, 0.3) is 5.91 Å². The fourth-order valence-electron chi connectivity index (χ4n) is 3.67. The summed E-state index contributed by atoms with van der Waals surface area (Å²) < 4.78 is 17.6. The minimum atomic E-state index is -0.345. The number of hydrogen-bond donors (Lipinski definition) is 1. The van der Waals surface area contributed by atoms with Gasteiger partial charge in [0.05, 0.1) is 17.4 Å². The highest BCUT2D eigenvalue weighted by molar-refractivity contribution is 6.07. The molecule has 142 valence electrons. The van der Waals surface area contributed by atoms with Crippen LogP contribution in [-0.4, -0.2) is 20.0 Å². The minimum Gasteiger partial charge on any atom is -0.351 e. The Morgan fingerprint density at radius 3 is 2.69 bits per heavy atom. The van der Waals surface area contributed by atoms with Crippen LogP contribution in [0.3, 0.4) is 0 Å². The van der Waals surface area contributed by atoms with Crippen molar-refractivity contribution in [3.63, 3.8) is 0 Å². The molecule has 1 amide bonds. The maximum absolute atomic E-state index is 13.8. The van der Waals surface area contributed by atoms with Crippen LogP contribution in [-0.2, 0) is 7.05 Å². The molecule has 0 aliphatic rings.